The second-order valence-corrected chi connectivity index (χ2v) is 7.14. The minimum absolute atomic E-state index is 0.0523. The molecule has 1 fully saturated rings. The predicted octanol–water partition coefficient (Wildman–Crippen LogP) is 0.600. The number of aliphatic hydroxyl groups is 1. The van der Waals surface area contributed by atoms with Gasteiger partial charge >= 0.3 is 5.97 Å². The van der Waals surface area contributed by atoms with E-state index in [1.54, 1.807) is 12.1 Å². The van der Waals surface area contributed by atoms with E-state index in [4.69, 9.17) is 0 Å². The van der Waals surface area contributed by atoms with Crippen LogP contribution in [-0.4, -0.2) is 49.6 Å². The third-order valence-electron chi connectivity index (χ3n) is 3.79. The SMILES string of the molecule is COC(=O)C1CC(O)CN1S(=O)(=O)c1ccc(C)c(C)c1. The monoisotopic (exact) mass is 313 g/mol. The lowest BCUT2D eigenvalue weighted by Gasteiger charge is -2.22. The van der Waals surface area contributed by atoms with Crippen molar-refractivity contribution in [3.8, 4) is 0 Å². The quantitative estimate of drug-likeness (QED) is 0.826. The topological polar surface area (TPSA) is 83.9 Å². The van der Waals surface area contributed by atoms with Gasteiger partial charge in [-0.3, -0.25) is 4.79 Å². The zero-order valence-electron chi connectivity index (χ0n) is 12.2. The summed E-state index contributed by atoms with van der Waals surface area (Å²) in [5, 5.41) is 9.71. The van der Waals surface area contributed by atoms with Crippen LogP contribution in [0, 0.1) is 13.8 Å². The molecule has 2 unspecified atom stereocenters. The van der Waals surface area contributed by atoms with E-state index in [1.807, 2.05) is 13.8 Å². The average molecular weight is 313 g/mol. The number of aryl methyl sites for hydroxylation is 2. The van der Waals surface area contributed by atoms with E-state index in [9.17, 15) is 18.3 Å². The molecule has 0 radical (unpaired) electrons. The summed E-state index contributed by atoms with van der Waals surface area (Å²) < 4.78 is 31.0. The fraction of sp³-hybridized carbons (Fsp3) is 0.500. The first-order valence-electron chi connectivity index (χ1n) is 6.62. The van der Waals surface area contributed by atoms with E-state index in [0.717, 1.165) is 15.4 Å². The number of hydrogen-bond acceptors (Lipinski definition) is 5. The second-order valence-electron chi connectivity index (χ2n) is 5.25. The van der Waals surface area contributed by atoms with Crippen LogP contribution >= 0.6 is 0 Å². The lowest BCUT2D eigenvalue weighted by molar-refractivity contribution is -0.144. The highest BCUT2D eigenvalue weighted by Crippen LogP contribution is 2.28. The fourth-order valence-corrected chi connectivity index (χ4v) is 4.12. The Hall–Kier alpha value is -1.44. The van der Waals surface area contributed by atoms with Crippen LogP contribution in [0.25, 0.3) is 0 Å². The van der Waals surface area contributed by atoms with Gasteiger partial charge in [0.1, 0.15) is 6.04 Å². The molecule has 0 amide bonds. The Kier molecular flexibility index (Phi) is 4.36. The number of carbonyl (C=O) groups excluding carboxylic acids is 1. The van der Waals surface area contributed by atoms with Gasteiger partial charge in [0, 0.05) is 13.0 Å². The summed E-state index contributed by atoms with van der Waals surface area (Å²) in [6, 6.07) is 3.83. The average Bonchev–Trinajstić information content (AvgIpc) is 2.83. The number of benzene rings is 1. The molecule has 6 nitrogen and oxygen atoms in total. The number of sulfonamides is 1. The smallest absolute Gasteiger partial charge is 0.324 e. The van der Waals surface area contributed by atoms with Gasteiger partial charge in [-0.1, -0.05) is 6.07 Å². The maximum atomic E-state index is 12.7. The number of nitrogens with zero attached hydrogens (tertiary/aromatic N) is 1. The molecule has 1 heterocycles. The van der Waals surface area contributed by atoms with Gasteiger partial charge in [0.25, 0.3) is 0 Å². The summed E-state index contributed by atoms with van der Waals surface area (Å²) in [5.41, 5.74) is 1.84. The molecule has 2 rings (SSSR count). The van der Waals surface area contributed by atoms with Crippen LogP contribution in [0.15, 0.2) is 23.1 Å². The molecule has 0 aliphatic carbocycles. The molecule has 0 bridgehead atoms. The molecule has 1 aliphatic rings. The van der Waals surface area contributed by atoms with E-state index >= 15 is 0 Å². The highest BCUT2D eigenvalue weighted by molar-refractivity contribution is 7.89. The number of esters is 1. The van der Waals surface area contributed by atoms with Crippen molar-refractivity contribution in [2.45, 2.75) is 37.3 Å². The Balaban J connectivity index is 2.41. The maximum absolute atomic E-state index is 12.7. The number of β-amino-alcohol motifs (C(OH)–C–C–N with tert-alkyl or cyclic N) is 1. The van der Waals surface area contributed by atoms with Crippen LogP contribution in [0.3, 0.4) is 0 Å². The van der Waals surface area contributed by atoms with Crippen LogP contribution in [0.1, 0.15) is 17.5 Å². The Morgan fingerprint density at radius 2 is 2.00 bits per heavy atom. The molecule has 1 N–H and O–H groups in total. The summed E-state index contributed by atoms with van der Waals surface area (Å²) in [7, 11) is -2.64. The Labute approximate surface area is 124 Å². The molecule has 116 valence electrons. The fourth-order valence-electron chi connectivity index (χ4n) is 2.41. The van der Waals surface area contributed by atoms with Crippen molar-refractivity contribution in [2.24, 2.45) is 0 Å². The van der Waals surface area contributed by atoms with Gasteiger partial charge in [0.05, 0.1) is 18.1 Å². The molecule has 0 saturated carbocycles. The lowest BCUT2D eigenvalue weighted by Crippen LogP contribution is -2.41. The molecule has 1 aromatic rings. The van der Waals surface area contributed by atoms with Gasteiger partial charge in [-0.2, -0.15) is 4.31 Å². The van der Waals surface area contributed by atoms with Crippen molar-refractivity contribution < 1.29 is 23.1 Å². The summed E-state index contributed by atoms with van der Waals surface area (Å²) >= 11 is 0. The second kappa shape index (κ2) is 5.75. The van der Waals surface area contributed by atoms with Crippen molar-refractivity contribution >= 4 is 16.0 Å². The third kappa shape index (κ3) is 2.95. The molecule has 1 saturated heterocycles. The predicted molar refractivity (Wildman–Crippen MR) is 76.2 cm³/mol. The normalized spacial score (nSPS) is 23.2. The molecule has 1 aromatic carbocycles. The Bertz CT molecular complexity index is 655. The molecular formula is C14H19NO5S. The summed E-state index contributed by atoms with van der Waals surface area (Å²) in [6.07, 6.45) is -0.813. The van der Waals surface area contributed by atoms with Crippen molar-refractivity contribution in [3.63, 3.8) is 0 Å². The summed E-state index contributed by atoms with van der Waals surface area (Å²) in [6.45, 7) is 3.61. The van der Waals surface area contributed by atoms with Crippen LogP contribution in [-0.2, 0) is 19.6 Å². The molecule has 0 aromatic heterocycles. The number of aliphatic hydroxyl groups excluding tert-OH is 1. The summed E-state index contributed by atoms with van der Waals surface area (Å²) in [4.78, 5) is 11.8. The van der Waals surface area contributed by atoms with Crippen LogP contribution in [0.2, 0.25) is 0 Å². The van der Waals surface area contributed by atoms with Crippen LogP contribution in [0.5, 0.6) is 0 Å². The van der Waals surface area contributed by atoms with Crippen molar-refractivity contribution in [2.75, 3.05) is 13.7 Å². The number of methoxy groups -OCH3 is 1. The Morgan fingerprint density at radius 3 is 2.57 bits per heavy atom. The zero-order valence-corrected chi connectivity index (χ0v) is 13.1. The van der Waals surface area contributed by atoms with Gasteiger partial charge in [-0.15, -0.1) is 0 Å². The van der Waals surface area contributed by atoms with Crippen molar-refractivity contribution in [3.05, 3.63) is 29.3 Å². The van der Waals surface area contributed by atoms with Crippen molar-refractivity contribution in [1.29, 1.82) is 0 Å². The molecule has 21 heavy (non-hydrogen) atoms. The Morgan fingerprint density at radius 1 is 1.33 bits per heavy atom. The maximum Gasteiger partial charge on any atom is 0.324 e. The molecule has 1 aliphatic heterocycles. The van der Waals surface area contributed by atoms with Crippen LogP contribution in [0.4, 0.5) is 0 Å². The summed E-state index contributed by atoms with van der Waals surface area (Å²) in [5.74, 6) is -0.654. The highest BCUT2D eigenvalue weighted by Gasteiger charge is 2.44. The standard InChI is InChI=1S/C14H19NO5S/c1-9-4-5-12(6-10(9)2)21(18,19)15-8-11(16)7-13(15)14(17)20-3/h4-6,11,13,16H,7-8H2,1-3H3. The van der Waals surface area contributed by atoms with Gasteiger partial charge in [-0.25, -0.2) is 8.42 Å². The molecule has 7 heteroatoms. The molecule has 0 spiro atoms. The van der Waals surface area contributed by atoms with Gasteiger partial charge in [-0.05, 0) is 37.1 Å². The van der Waals surface area contributed by atoms with E-state index < -0.39 is 28.1 Å². The number of ether oxygens (including phenoxy) is 1. The molecular weight excluding hydrogens is 294 g/mol. The van der Waals surface area contributed by atoms with Gasteiger partial charge < -0.3 is 9.84 Å². The van der Waals surface area contributed by atoms with Crippen LogP contribution < -0.4 is 0 Å². The van der Waals surface area contributed by atoms with Crippen molar-refractivity contribution in [1.82, 2.24) is 4.31 Å². The van der Waals surface area contributed by atoms with E-state index in [0.29, 0.717) is 0 Å². The largest absolute Gasteiger partial charge is 0.468 e. The number of carbonyl (C=O) groups is 1. The first-order valence-corrected chi connectivity index (χ1v) is 8.06. The minimum Gasteiger partial charge on any atom is -0.468 e. The molecule has 2 atom stereocenters. The third-order valence-corrected chi connectivity index (χ3v) is 5.66. The first kappa shape index (κ1) is 15.9. The van der Waals surface area contributed by atoms with E-state index in [1.165, 1.54) is 13.2 Å². The first-order chi connectivity index (χ1) is 9.77. The van der Waals surface area contributed by atoms with E-state index in [2.05, 4.69) is 4.74 Å². The van der Waals surface area contributed by atoms with E-state index in [-0.39, 0.29) is 17.9 Å². The number of rotatable bonds is 3. The highest BCUT2D eigenvalue weighted by atomic mass is 32.2. The minimum atomic E-state index is -3.84. The lowest BCUT2D eigenvalue weighted by atomic mass is 10.1. The zero-order chi connectivity index (χ0) is 15.8. The number of hydrogen-bond donors (Lipinski definition) is 1. The van der Waals surface area contributed by atoms with Gasteiger partial charge in [0.15, 0.2) is 0 Å². The van der Waals surface area contributed by atoms with Gasteiger partial charge in [0.2, 0.25) is 10.0 Å².